The van der Waals surface area contributed by atoms with Gasteiger partial charge in [0.2, 0.25) is 5.95 Å². The van der Waals surface area contributed by atoms with Gasteiger partial charge in [-0.05, 0) is 25.0 Å². The summed E-state index contributed by atoms with van der Waals surface area (Å²) in [5.74, 6) is 2.38. The van der Waals surface area contributed by atoms with Gasteiger partial charge in [0.15, 0.2) is 5.76 Å². The molecule has 1 saturated carbocycles. The fraction of sp³-hybridized carbons (Fsp3) is 0.462. The maximum Gasteiger partial charge on any atom is 0.293 e. The molecule has 2 aromatic rings. The number of nitrogens with zero attached hydrogens (tertiary/aromatic N) is 2. The molecule has 6 nitrogen and oxygen atoms in total. The summed E-state index contributed by atoms with van der Waals surface area (Å²) in [7, 11) is 0. The van der Waals surface area contributed by atoms with Crippen molar-refractivity contribution in [3.05, 3.63) is 29.5 Å². The van der Waals surface area contributed by atoms with Crippen molar-refractivity contribution in [3.63, 3.8) is 0 Å². The Kier molecular flexibility index (Phi) is 3.06. The molecule has 1 amide bonds. The van der Waals surface area contributed by atoms with Crippen molar-refractivity contribution in [1.29, 1.82) is 0 Å². The fourth-order valence-electron chi connectivity index (χ4n) is 2.05. The third-order valence-corrected chi connectivity index (χ3v) is 3.45. The lowest BCUT2D eigenvalue weighted by Crippen LogP contribution is -2.13. The Bertz CT molecular complexity index is 583. The minimum atomic E-state index is -0.321. The van der Waals surface area contributed by atoms with Crippen molar-refractivity contribution in [2.45, 2.75) is 38.5 Å². The molecule has 1 aliphatic carbocycles. The van der Waals surface area contributed by atoms with Crippen LogP contribution in [0.3, 0.4) is 0 Å². The number of hydrogen-bond donors (Lipinski definition) is 2. The van der Waals surface area contributed by atoms with Crippen LogP contribution in [0.15, 0.2) is 16.5 Å². The minimum Gasteiger partial charge on any atom is -0.456 e. The first kappa shape index (κ1) is 12.0. The zero-order chi connectivity index (χ0) is 13.2. The van der Waals surface area contributed by atoms with E-state index >= 15 is 0 Å². The summed E-state index contributed by atoms with van der Waals surface area (Å²) in [5.41, 5.74) is 0. The zero-order valence-corrected chi connectivity index (χ0v) is 10.8. The third-order valence-electron chi connectivity index (χ3n) is 3.45. The molecular weight excluding hydrogens is 244 g/mol. The number of H-pyrrole nitrogens is 1. The van der Waals surface area contributed by atoms with E-state index in [2.05, 4.69) is 20.5 Å². The number of aryl methyl sites for hydroxylation is 1. The molecule has 0 radical (unpaired) electrons. The first-order chi connectivity index (χ1) is 9.26. The Morgan fingerprint density at radius 2 is 2.37 bits per heavy atom. The Morgan fingerprint density at radius 1 is 1.53 bits per heavy atom. The highest BCUT2D eigenvalue weighted by atomic mass is 16.3. The minimum absolute atomic E-state index is 0.284. The van der Waals surface area contributed by atoms with Crippen molar-refractivity contribution in [2.24, 2.45) is 0 Å². The smallest absolute Gasteiger partial charge is 0.293 e. The van der Waals surface area contributed by atoms with Gasteiger partial charge in [0.05, 0.1) is 0 Å². The predicted octanol–water partition coefficient (Wildman–Crippen LogP) is 2.48. The van der Waals surface area contributed by atoms with Gasteiger partial charge in [-0.25, -0.2) is 0 Å². The molecule has 0 aliphatic heterocycles. The lowest BCUT2D eigenvalue weighted by Gasteiger charge is -2.22. The second-order valence-corrected chi connectivity index (χ2v) is 4.75. The highest BCUT2D eigenvalue weighted by Crippen LogP contribution is 2.34. The van der Waals surface area contributed by atoms with E-state index in [0.717, 1.165) is 30.8 Å². The Balaban J connectivity index is 1.66. The number of aromatic amines is 1. The van der Waals surface area contributed by atoms with E-state index in [1.54, 1.807) is 12.1 Å². The van der Waals surface area contributed by atoms with Gasteiger partial charge >= 0.3 is 0 Å². The van der Waals surface area contributed by atoms with E-state index in [4.69, 9.17) is 4.42 Å². The van der Waals surface area contributed by atoms with Crippen LogP contribution in [-0.2, 0) is 6.42 Å². The number of nitrogens with one attached hydrogen (secondary N) is 2. The molecule has 1 aliphatic rings. The lowest BCUT2D eigenvalue weighted by atomic mass is 9.85. The molecule has 3 rings (SSSR count). The van der Waals surface area contributed by atoms with Gasteiger partial charge in [-0.2, -0.15) is 4.98 Å². The number of anilines is 1. The molecule has 1 fully saturated rings. The number of carbonyl (C=O) groups excluding carboxylic acids is 1. The van der Waals surface area contributed by atoms with Crippen molar-refractivity contribution in [2.75, 3.05) is 5.32 Å². The van der Waals surface area contributed by atoms with Crippen LogP contribution in [0.25, 0.3) is 0 Å². The Morgan fingerprint density at radius 3 is 3.00 bits per heavy atom. The van der Waals surface area contributed by atoms with Gasteiger partial charge in [0, 0.05) is 12.3 Å². The van der Waals surface area contributed by atoms with Crippen LogP contribution >= 0.6 is 0 Å². The van der Waals surface area contributed by atoms with Crippen LogP contribution in [0.5, 0.6) is 0 Å². The zero-order valence-electron chi connectivity index (χ0n) is 10.8. The summed E-state index contributed by atoms with van der Waals surface area (Å²) in [6.07, 6.45) is 4.28. The summed E-state index contributed by atoms with van der Waals surface area (Å²) >= 11 is 0. The molecule has 19 heavy (non-hydrogen) atoms. The van der Waals surface area contributed by atoms with Gasteiger partial charge in [-0.3, -0.25) is 15.2 Å². The van der Waals surface area contributed by atoms with Gasteiger partial charge in [0.1, 0.15) is 11.6 Å². The number of carbonyl (C=O) groups is 1. The van der Waals surface area contributed by atoms with Crippen LogP contribution in [0.2, 0.25) is 0 Å². The molecule has 0 aromatic carbocycles. The highest BCUT2D eigenvalue weighted by molar-refractivity contribution is 6.01. The third kappa shape index (κ3) is 2.38. The van der Waals surface area contributed by atoms with E-state index < -0.39 is 0 Å². The van der Waals surface area contributed by atoms with Crippen LogP contribution in [0, 0.1) is 0 Å². The molecule has 2 heterocycles. The predicted molar refractivity (Wildman–Crippen MR) is 69.0 cm³/mol. The van der Waals surface area contributed by atoms with E-state index in [9.17, 15) is 4.79 Å². The second kappa shape index (κ2) is 4.87. The van der Waals surface area contributed by atoms with Crippen LogP contribution in [0.1, 0.15) is 54.2 Å². The van der Waals surface area contributed by atoms with Gasteiger partial charge in [0.25, 0.3) is 5.91 Å². The molecule has 100 valence electrons. The second-order valence-electron chi connectivity index (χ2n) is 4.75. The van der Waals surface area contributed by atoms with Gasteiger partial charge in [-0.1, -0.05) is 13.3 Å². The molecule has 0 bridgehead atoms. The normalized spacial score (nSPS) is 15.2. The number of amides is 1. The fourth-order valence-corrected chi connectivity index (χ4v) is 2.05. The standard InChI is InChI=1S/C13H16N4O2/c1-2-9-6-7-10(19-9)12(18)15-13-14-11(16-17-13)8-4-3-5-8/h6-8H,2-5H2,1H3,(H2,14,15,16,17,18). The molecule has 6 heteroatoms. The molecule has 2 aromatic heterocycles. The molecule has 0 unspecified atom stereocenters. The van der Waals surface area contributed by atoms with Gasteiger partial charge in [-0.15, -0.1) is 5.10 Å². The number of aromatic nitrogens is 3. The monoisotopic (exact) mass is 260 g/mol. The SMILES string of the molecule is CCc1ccc(C(=O)Nc2n[nH]c(C3CCC3)n2)o1. The largest absolute Gasteiger partial charge is 0.456 e. The molecule has 2 N–H and O–H groups in total. The quantitative estimate of drug-likeness (QED) is 0.884. The van der Waals surface area contributed by atoms with Crippen molar-refractivity contribution >= 4 is 11.9 Å². The van der Waals surface area contributed by atoms with E-state index in [1.807, 2.05) is 6.92 Å². The Hall–Kier alpha value is -2.11. The summed E-state index contributed by atoms with van der Waals surface area (Å²) in [4.78, 5) is 16.2. The molecule has 0 saturated heterocycles. The van der Waals surface area contributed by atoms with Crippen molar-refractivity contribution < 1.29 is 9.21 Å². The molecule has 0 atom stereocenters. The van der Waals surface area contributed by atoms with Crippen LogP contribution in [0.4, 0.5) is 5.95 Å². The number of rotatable bonds is 4. The summed E-state index contributed by atoms with van der Waals surface area (Å²) in [5, 5.41) is 9.51. The number of hydrogen-bond acceptors (Lipinski definition) is 4. The number of furan rings is 1. The molecule has 0 spiro atoms. The maximum atomic E-state index is 11.9. The van der Waals surface area contributed by atoms with Crippen LogP contribution in [-0.4, -0.2) is 21.1 Å². The van der Waals surface area contributed by atoms with E-state index in [0.29, 0.717) is 11.9 Å². The average Bonchev–Trinajstić information content (AvgIpc) is 2.96. The lowest BCUT2D eigenvalue weighted by molar-refractivity contribution is 0.0994. The average molecular weight is 260 g/mol. The summed E-state index contributed by atoms with van der Waals surface area (Å²) < 4.78 is 5.38. The Labute approximate surface area is 110 Å². The van der Waals surface area contributed by atoms with Crippen LogP contribution < -0.4 is 5.32 Å². The highest BCUT2D eigenvalue weighted by Gasteiger charge is 2.23. The first-order valence-electron chi connectivity index (χ1n) is 6.58. The van der Waals surface area contributed by atoms with Crippen molar-refractivity contribution in [3.8, 4) is 0 Å². The molecular formula is C13H16N4O2. The summed E-state index contributed by atoms with van der Waals surface area (Å²) in [6, 6.07) is 3.46. The van der Waals surface area contributed by atoms with Gasteiger partial charge < -0.3 is 4.42 Å². The first-order valence-corrected chi connectivity index (χ1v) is 6.58. The van der Waals surface area contributed by atoms with Crippen molar-refractivity contribution in [1.82, 2.24) is 15.2 Å². The van der Waals surface area contributed by atoms with E-state index in [-0.39, 0.29) is 11.7 Å². The van der Waals surface area contributed by atoms with E-state index in [1.165, 1.54) is 6.42 Å². The maximum absolute atomic E-state index is 11.9. The topological polar surface area (TPSA) is 83.8 Å². The summed E-state index contributed by atoms with van der Waals surface area (Å²) in [6.45, 7) is 1.97.